The van der Waals surface area contributed by atoms with Crippen LogP contribution in [0, 0.1) is 11.8 Å². The van der Waals surface area contributed by atoms with Gasteiger partial charge in [-0.25, -0.2) is 9.13 Å². The van der Waals surface area contributed by atoms with Crippen molar-refractivity contribution < 1.29 is 80.2 Å². The van der Waals surface area contributed by atoms with Crippen molar-refractivity contribution in [2.45, 2.75) is 304 Å². The van der Waals surface area contributed by atoms with E-state index in [0.717, 1.165) is 108 Å². The SMILES string of the molecule is CCCCCCCCCCCC(=O)O[C@H](COC(=O)CCCCCCC)COP(=O)(O)OC[C@H](O)COP(=O)(O)OC[C@@H](COC(=O)CCCCCCCCCCCC(C)C)OC(=O)CCCCCCCCCCCC(C)C. The van der Waals surface area contributed by atoms with Crippen molar-refractivity contribution in [2.24, 2.45) is 11.8 Å². The minimum atomic E-state index is -4.94. The third-order valence-corrected chi connectivity index (χ3v) is 15.4. The Hall–Kier alpha value is -1.94. The molecule has 0 saturated heterocycles. The molecular weight excluding hydrogens is 1040 g/mol. The number of hydrogen-bond donors (Lipinski definition) is 3. The van der Waals surface area contributed by atoms with Gasteiger partial charge in [0.2, 0.25) is 0 Å². The van der Waals surface area contributed by atoms with E-state index in [1.807, 2.05) is 0 Å². The molecule has 0 aromatic carbocycles. The van der Waals surface area contributed by atoms with E-state index in [0.29, 0.717) is 25.7 Å². The van der Waals surface area contributed by atoms with E-state index >= 15 is 0 Å². The summed E-state index contributed by atoms with van der Waals surface area (Å²) in [4.78, 5) is 71.7. The highest BCUT2D eigenvalue weighted by Gasteiger charge is 2.30. The molecule has 0 aromatic heterocycles. The van der Waals surface area contributed by atoms with Gasteiger partial charge in [-0.3, -0.25) is 37.3 Å². The van der Waals surface area contributed by atoms with Gasteiger partial charge in [0.25, 0.3) is 0 Å². The van der Waals surface area contributed by atoms with E-state index < -0.39 is 97.5 Å². The Morgan fingerprint density at radius 2 is 0.590 bits per heavy atom. The van der Waals surface area contributed by atoms with Crippen LogP contribution in [0.2, 0.25) is 0 Å². The molecule has 3 N–H and O–H groups in total. The number of ether oxygens (including phenoxy) is 4. The molecule has 0 aromatic rings. The number of phosphoric acid groups is 2. The molecule has 19 heteroatoms. The quantitative estimate of drug-likeness (QED) is 0.0222. The molecule has 0 fully saturated rings. The summed E-state index contributed by atoms with van der Waals surface area (Å²) in [6, 6.07) is 0. The van der Waals surface area contributed by atoms with Crippen LogP contribution in [0.5, 0.6) is 0 Å². The van der Waals surface area contributed by atoms with Crippen molar-refractivity contribution in [1.29, 1.82) is 0 Å². The Bertz CT molecular complexity index is 1550. The van der Waals surface area contributed by atoms with Crippen molar-refractivity contribution in [1.82, 2.24) is 0 Å². The first-order valence-electron chi connectivity index (χ1n) is 31.0. The fourth-order valence-corrected chi connectivity index (χ4v) is 10.2. The van der Waals surface area contributed by atoms with Crippen molar-refractivity contribution in [3.05, 3.63) is 0 Å². The van der Waals surface area contributed by atoms with Gasteiger partial charge in [-0.05, 0) is 37.5 Å². The molecule has 17 nitrogen and oxygen atoms in total. The van der Waals surface area contributed by atoms with Crippen molar-refractivity contribution >= 4 is 39.5 Å². The zero-order chi connectivity index (χ0) is 58.0. The van der Waals surface area contributed by atoms with Crippen LogP contribution in [-0.2, 0) is 65.4 Å². The number of rotatable bonds is 58. The average Bonchev–Trinajstić information content (AvgIpc) is 3.39. The minimum absolute atomic E-state index is 0.104. The molecule has 78 heavy (non-hydrogen) atoms. The maximum absolute atomic E-state index is 12.9. The summed E-state index contributed by atoms with van der Waals surface area (Å²) >= 11 is 0. The molecular formula is C59H114O17P2. The van der Waals surface area contributed by atoms with Crippen molar-refractivity contribution in [3.63, 3.8) is 0 Å². The highest BCUT2D eigenvalue weighted by Crippen LogP contribution is 2.45. The summed E-state index contributed by atoms with van der Waals surface area (Å²) in [6.07, 6.45) is 32.5. The van der Waals surface area contributed by atoms with Gasteiger partial charge in [0, 0.05) is 25.7 Å². The normalized spacial score (nSPS) is 14.4. The predicted octanol–water partition coefficient (Wildman–Crippen LogP) is 15.7. The smallest absolute Gasteiger partial charge is 0.462 e. The van der Waals surface area contributed by atoms with Crippen molar-refractivity contribution in [2.75, 3.05) is 39.6 Å². The van der Waals surface area contributed by atoms with Crippen LogP contribution in [-0.4, -0.2) is 96.7 Å². The number of aliphatic hydroxyl groups is 1. The number of esters is 4. The molecule has 0 radical (unpaired) electrons. The Morgan fingerprint density at radius 3 is 0.872 bits per heavy atom. The molecule has 0 amide bonds. The summed E-state index contributed by atoms with van der Waals surface area (Å²) in [5.74, 6) is -0.673. The number of unbranched alkanes of at least 4 members (excludes halogenated alkanes) is 28. The number of hydrogen-bond acceptors (Lipinski definition) is 15. The summed E-state index contributed by atoms with van der Waals surface area (Å²) in [5.41, 5.74) is 0. The van der Waals surface area contributed by atoms with E-state index in [2.05, 4.69) is 41.5 Å². The van der Waals surface area contributed by atoms with Gasteiger partial charge in [-0.15, -0.1) is 0 Å². The van der Waals surface area contributed by atoms with Gasteiger partial charge in [-0.2, -0.15) is 0 Å². The van der Waals surface area contributed by atoms with Gasteiger partial charge in [0.05, 0.1) is 26.4 Å². The molecule has 0 aliphatic rings. The second-order valence-electron chi connectivity index (χ2n) is 22.3. The molecule has 0 rings (SSSR count). The maximum Gasteiger partial charge on any atom is 0.472 e. The summed E-state index contributed by atoms with van der Waals surface area (Å²) in [6.45, 7) is 9.31. The topological polar surface area (TPSA) is 237 Å². The lowest BCUT2D eigenvalue weighted by Crippen LogP contribution is -2.30. The van der Waals surface area contributed by atoms with E-state index in [1.165, 1.54) is 96.3 Å². The van der Waals surface area contributed by atoms with Gasteiger partial charge >= 0.3 is 39.5 Å². The summed E-state index contributed by atoms with van der Waals surface area (Å²) in [7, 11) is -9.87. The van der Waals surface area contributed by atoms with Crippen LogP contribution in [0.1, 0.15) is 286 Å². The predicted molar refractivity (Wildman–Crippen MR) is 308 cm³/mol. The molecule has 0 saturated carbocycles. The molecule has 0 aliphatic heterocycles. The van der Waals surface area contributed by atoms with Crippen LogP contribution in [0.15, 0.2) is 0 Å². The second-order valence-corrected chi connectivity index (χ2v) is 25.2. The first kappa shape index (κ1) is 76.1. The zero-order valence-electron chi connectivity index (χ0n) is 50.0. The third kappa shape index (κ3) is 53.4. The lowest BCUT2D eigenvalue weighted by Gasteiger charge is -2.21. The Morgan fingerprint density at radius 1 is 0.346 bits per heavy atom. The fourth-order valence-electron chi connectivity index (χ4n) is 8.65. The summed E-state index contributed by atoms with van der Waals surface area (Å²) in [5, 5.41) is 10.5. The van der Waals surface area contributed by atoms with Gasteiger partial charge in [0.15, 0.2) is 12.2 Å². The number of phosphoric ester groups is 2. The van der Waals surface area contributed by atoms with E-state index in [4.69, 9.17) is 37.0 Å². The Balaban J connectivity index is 5.19. The first-order valence-corrected chi connectivity index (χ1v) is 34.0. The van der Waals surface area contributed by atoms with E-state index in [9.17, 15) is 43.2 Å². The molecule has 5 atom stereocenters. The highest BCUT2D eigenvalue weighted by atomic mass is 31.2. The van der Waals surface area contributed by atoms with Crippen LogP contribution >= 0.6 is 15.6 Å². The molecule has 0 spiro atoms. The second kappa shape index (κ2) is 51.9. The molecule has 462 valence electrons. The monoisotopic (exact) mass is 1160 g/mol. The lowest BCUT2D eigenvalue weighted by atomic mass is 10.0. The zero-order valence-corrected chi connectivity index (χ0v) is 51.7. The average molecular weight is 1160 g/mol. The Labute approximate surface area is 473 Å². The third-order valence-electron chi connectivity index (χ3n) is 13.5. The minimum Gasteiger partial charge on any atom is -0.462 e. The Kier molecular flexibility index (Phi) is 50.6. The number of aliphatic hydroxyl groups excluding tert-OH is 1. The maximum atomic E-state index is 12.9. The molecule has 0 heterocycles. The van der Waals surface area contributed by atoms with Gasteiger partial charge < -0.3 is 33.8 Å². The van der Waals surface area contributed by atoms with Crippen LogP contribution < -0.4 is 0 Å². The number of carbonyl (C=O) groups is 4. The van der Waals surface area contributed by atoms with Crippen molar-refractivity contribution in [3.8, 4) is 0 Å². The first-order chi connectivity index (χ1) is 37.4. The molecule has 2 unspecified atom stereocenters. The highest BCUT2D eigenvalue weighted by molar-refractivity contribution is 7.47. The molecule has 0 bridgehead atoms. The van der Waals surface area contributed by atoms with E-state index in [1.54, 1.807) is 0 Å². The molecule has 0 aliphatic carbocycles. The van der Waals surface area contributed by atoms with Crippen LogP contribution in [0.25, 0.3) is 0 Å². The summed E-state index contributed by atoms with van der Waals surface area (Å²) < 4.78 is 67.6. The standard InChI is InChI=1S/C59H114O17P2/c1-7-9-11-13-14-17-25-31-37-43-58(63)75-54(47-69-56(61)41-35-27-12-10-8-2)49-73-77(65,66)71-45-53(60)46-72-78(67,68)74-50-55(76-59(64)44-38-32-26-21-16-19-23-29-34-40-52(5)6)48-70-57(62)42-36-30-24-20-15-18-22-28-33-39-51(3)4/h51-55,60H,7-50H2,1-6H3,(H,65,66)(H,67,68)/t53-,54+,55+/m0/s1. The van der Waals surface area contributed by atoms with Crippen LogP contribution in [0.4, 0.5) is 0 Å². The largest absolute Gasteiger partial charge is 0.472 e. The van der Waals surface area contributed by atoms with Gasteiger partial charge in [0.1, 0.15) is 19.3 Å². The van der Waals surface area contributed by atoms with E-state index in [-0.39, 0.29) is 25.7 Å². The number of carbonyl (C=O) groups excluding carboxylic acids is 4. The lowest BCUT2D eigenvalue weighted by molar-refractivity contribution is -0.161. The van der Waals surface area contributed by atoms with Gasteiger partial charge in [-0.1, -0.05) is 234 Å². The fraction of sp³-hybridized carbons (Fsp3) is 0.932. The van der Waals surface area contributed by atoms with Crippen LogP contribution in [0.3, 0.4) is 0 Å².